The summed E-state index contributed by atoms with van der Waals surface area (Å²) in [5, 5.41) is 16.3. The number of hydrazine groups is 1. The lowest BCUT2D eigenvalue weighted by atomic mass is 10.2. The van der Waals surface area contributed by atoms with Crippen molar-refractivity contribution >= 4 is 23.0 Å². The van der Waals surface area contributed by atoms with E-state index in [1.165, 1.54) is 19.2 Å². The molecule has 0 saturated carbocycles. The number of nitro groups is 1. The van der Waals surface area contributed by atoms with E-state index < -0.39 is 4.92 Å². The highest BCUT2D eigenvalue weighted by molar-refractivity contribution is 5.83. The first-order chi connectivity index (χ1) is 9.60. The van der Waals surface area contributed by atoms with Crippen molar-refractivity contribution in [2.24, 2.45) is 5.84 Å². The van der Waals surface area contributed by atoms with Gasteiger partial charge in [-0.15, -0.1) is 0 Å². The van der Waals surface area contributed by atoms with Gasteiger partial charge in [-0.2, -0.15) is 0 Å². The molecule has 0 spiro atoms. The third-order valence-electron chi connectivity index (χ3n) is 2.44. The lowest BCUT2D eigenvalue weighted by Gasteiger charge is -2.10. The van der Waals surface area contributed by atoms with Gasteiger partial charge in [-0.3, -0.25) is 20.8 Å². The molecule has 0 atom stereocenters. The molecule has 1 rings (SSSR count). The molecule has 0 radical (unpaired) electrons. The maximum Gasteiger partial charge on any atom is 0.316 e. The molecule has 9 nitrogen and oxygen atoms in total. The molecule has 0 aliphatic rings. The van der Waals surface area contributed by atoms with Crippen molar-refractivity contribution in [3.63, 3.8) is 0 Å². The van der Waals surface area contributed by atoms with Crippen molar-refractivity contribution in [2.45, 2.75) is 0 Å². The minimum absolute atomic E-state index is 0.0847. The molecule has 1 aromatic carbocycles. The quantitative estimate of drug-likeness (QED) is 0.229. The molecule has 0 saturated heterocycles. The number of benzene rings is 1. The Morgan fingerprint density at radius 2 is 2.15 bits per heavy atom. The number of nitro benzene ring substituents is 1. The minimum Gasteiger partial charge on any atom is -0.383 e. The summed E-state index contributed by atoms with van der Waals surface area (Å²) in [6.45, 7) is 0.695. The van der Waals surface area contributed by atoms with Gasteiger partial charge in [-0.25, -0.2) is 0 Å². The number of carbonyl (C=O) groups excluding carboxylic acids is 1. The summed E-state index contributed by atoms with van der Waals surface area (Å²) in [6.07, 6.45) is 0. The largest absolute Gasteiger partial charge is 0.383 e. The maximum absolute atomic E-state index is 11.5. The molecule has 20 heavy (non-hydrogen) atoms. The van der Waals surface area contributed by atoms with E-state index in [1.54, 1.807) is 6.07 Å². The van der Waals surface area contributed by atoms with Gasteiger partial charge in [0.05, 0.1) is 18.1 Å². The van der Waals surface area contributed by atoms with Gasteiger partial charge in [0, 0.05) is 13.7 Å². The fourth-order valence-corrected chi connectivity index (χ4v) is 1.53. The Hall–Kier alpha value is -2.39. The second-order valence-electron chi connectivity index (χ2n) is 3.80. The fourth-order valence-electron chi connectivity index (χ4n) is 1.53. The molecular weight excluding hydrogens is 266 g/mol. The smallest absolute Gasteiger partial charge is 0.316 e. The van der Waals surface area contributed by atoms with E-state index in [0.717, 1.165) is 0 Å². The molecule has 110 valence electrons. The van der Waals surface area contributed by atoms with Crippen LogP contribution in [0.2, 0.25) is 0 Å². The van der Waals surface area contributed by atoms with E-state index in [1.807, 2.05) is 0 Å². The number of methoxy groups -OCH3 is 1. The monoisotopic (exact) mass is 283 g/mol. The van der Waals surface area contributed by atoms with Gasteiger partial charge in [0.15, 0.2) is 0 Å². The summed E-state index contributed by atoms with van der Waals surface area (Å²) in [5.41, 5.74) is 2.42. The molecular formula is C11H17N5O4. The predicted molar refractivity (Wildman–Crippen MR) is 74.3 cm³/mol. The number of ether oxygens (including phenoxy) is 1. The van der Waals surface area contributed by atoms with Gasteiger partial charge in [0.1, 0.15) is 11.4 Å². The van der Waals surface area contributed by atoms with Crippen LogP contribution in [0.15, 0.2) is 18.2 Å². The third kappa shape index (κ3) is 4.37. The first-order valence-corrected chi connectivity index (χ1v) is 5.83. The summed E-state index contributed by atoms with van der Waals surface area (Å²) in [6, 6.07) is 4.57. The van der Waals surface area contributed by atoms with E-state index >= 15 is 0 Å². The molecule has 0 fully saturated rings. The minimum atomic E-state index is -0.569. The van der Waals surface area contributed by atoms with E-state index in [9.17, 15) is 14.9 Å². The van der Waals surface area contributed by atoms with Gasteiger partial charge in [0.2, 0.25) is 5.91 Å². The molecule has 0 aliphatic heterocycles. The summed E-state index contributed by atoms with van der Waals surface area (Å²) >= 11 is 0. The lowest BCUT2D eigenvalue weighted by molar-refractivity contribution is -0.383. The second kappa shape index (κ2) is 7.92. The summed E-state index contributed by atoms with van der Waals surface area (Å²) < 4.78 is 4.79. The van der Waals surface area contributed by atoms with Crippen LogP contribution in [0.5, 0.6) is 0 Å². The fraction of sp³-hybridized carbons (Fsp3) is 0.364. The maximum atomic E-state index is 11.5. The number of rotatable bonds is 8. The highest BCUT2D eigenvalue weighted by Gasteiger charge is 2.19. The van der Waals surface area contributed by atoms with Crippen LogP contribution in [0.4, 0.5) is 17.1 Å². The second-order valence-corrected chi connectivity index (χ2v) is 3.80. The molecule has 0 bridgehead atoms. The average molecular weight is 283 g/mol. The summed E-state index contributed by atoms with van der Waals surface area (Å²) in [4.78, 5) is 21.9. The summed E-state index contributed by atoms with van der Waals surface area (Å²) in [5.74, 6) is 4.93. The number of para-hydroxylation sites is 1. The Labute approximate surface area is 115 Å². The number of nitrogens with two attached hydrogens (primary N) is 1. The zero-order valence-corrected chi connectivity index (χ0v) is 11.0. The standard InChI is InChI=1S/C11H17N5O4/c1-20-6-5-13-10(17)7-14-8-3-2-4-9(15-12)11(8)16(18)19/h2-4,14-15H,5-7,12H2,1H3,(H,13,17). The molecule has 0 heterocycles. The molecule has 5 N–H and O–H groups in total. The molecule has 0 aliphatic carbocycles. The van der Waals surface area contributed by atoms with Crippen molar-refractivity contribution in [1.29, 1.82) is 0 Å². The predicted octanol–water partition coefficient (Wildman–Crippen LogP) is 0.0549. The Bertz CT molecular complexity index is 480. The lowest BCUT2D eigenvalue weighted by Crippen LogP contribution is -2.32. The van der Waals surface area contributed by atoms with Gasteiger partial charge >= 0.3 is 5.69 Å². The van der Waals surface area contributed by atoms with E-state index in [4.69, 9.17) is 10.6 Å². The number of hydrogen-bond donors (Lipinski definition) is 4. The van der Waals surface area contributed by atoms with Crippen molar-refractivity contribution in [3.8, 4) is 0 Å². The number of anilines is 2. The molecule has 1 aromatic rings. The van der Waals surface area contributed by atoms with Crippen molar-refractivity contribution in [2.75, 3.05) is 37.5 Å². The van der Waals surface area contributed by atoms with E-state index in [0.29, 0.717) is 13.2 Å². The van der Waals surface area contributed by atoms with E-state index in [2.05, 4.69) is 16.1 Å². The number of amides is 1. The number of nitrogens with zero attached hydrogens (tertiary/aromatic N) is 1. The van der Waals surface area contributed by atoms with Crippen molar-refractivity contribution < 1.29 is 14.5 Å². The molecule has 9 heteroatoms. The van der Waals surface area contributed by atoms with Gasteiger partial charge in [-0.1, -0.05) is 6.07 Å². The topological polar surface area (TPSA) is 132 Å². The van der Waals surface area contributed by atoms with Crippen LogP contribution in [-0.4, -0.2) is 37.6 Å². The molecule has 1 amide bonds. The summed E-state index contributed by atoms with van der Waals surface area (Å²) in [7, 11) is 1.53. The SMILES string of the molecule is COCCNC(=O)CNc1cccc(NN)c1[N+](=O)[O-]. The first-order valence-electron chi connectivity index (χ1n) is 5.83. The number of nitrogens with one attached hydrogen (secondary N) is 3. The van der Waals surface area contributed by atoms with Crippen LogP contribution in [0.25, 0.3) is 0 Å². The average Bonchev–Trinajstić information content (AvgIpc) is 2.44. The zero-order chi connectivity index (χ0) is 15.0. The van der Waals surface area contributed by atoms with Crippen LogP contribution in [0.1, 0.15) is 0 Å². The van der Waals surface area contributed by atoms with E-state index in [-0.39, 0.29) is 29.5 Å². The van der Waals surface area contributed by atoms with Crippen LogP contribution < -0.4 is 21.9 Å². The number of hydrogen-bond acceptors (Lipinski definition) is 7. The van der Waals surface area contributed by atoms with Crippen molar-refractivity contribution in [1.82, 2.24) is 5.32 Å². The van der Waals surface area contributed by atoms with Gasteiger partial charge < -0.3 is 20.8 Å². The third-order valence-corrected chi connectivity index (χ3v) is 2.44. The van der Waals surface area contributed by atoms with Gasteiger partial charge in [-0.05, 0) is 12.1 Å². The van der Waals surface area contributed by atoms with Crippen LogP contribution in [0, 0.1) is 10.1 Å². The highest BCUT2D eigenvalue weighted by atomic mass is 16.6. The Balaban J connectivity index is 2.68. The number of carbonyl (C=O) groups is 1. The Kier molecular flexibility index (Phi) is 6.20. The van der Waals surface area contributed by atoms with Crippen molar-refractivity contribution in [3.05, 3.63) is 28.3 Å². The van der Waals surface area contributed by atoms with Crippen LogP contribution >= 0.6 is 0 Å². The molecule has 0 unspecified atom stereocenters. The first kappa shape index (κ1) is 15.7. The number of nitrogen functional groups attached to an aromatic ring is 1. The van der Waals surface area contributed by atoms with Crippen LogP contribution in [-0.2, 0) is 9.53 Å². The normalized spacial score (nSPS) is 9.90. The highest BCUT2D eigenvalue weighted by Crippen LogP contribution is 2.31. The molecule has 0 aromatic heterocycles. The Morgan fingerprint density at radius 1 is 1.45 bits per heavy atom. The zero-order valence-electron chi connectivity index (χ0n) is 11.0. The van der Waals surface area contributed by atoms with Crippen LogP contribution in [0.3, 0.4) is 0 Å². The van der Waals surface area contributed by atoms with Gasteiger partial charge in [0.25, 0.3) is 0 Å². The Morgan fingerprint density at radius 3 is 2.75 bits per heavy atom.